The molecule has 0 spiro atoms. The molecule has 0 unspecified atom stereocenters. The minimum atomic E-state index is 0.411. The van der Waals surface area contributed by atoms with Crippen molar-refractivity contribution in [1.82, 2.24) is 19.7 Å². The van der Waals surface area contributed by atoms with Crippen molar-refractivity contribution in [2.45, 2.75) is 13.5 Å². The molecule has 0 fully saturated rings. The van der Waals surface area contributed by atoms with Crippen molar-refractivity contribution in [1.29, 1.82) is 0 Å². The molecule has 96 valence electrons. The molecule has 0 aliphatic heterocycles. The number of rotatable bonds is 6. The van der Waals surface area contributed by atoms with Crippen molar-refractivity contribution in [3.05, 3.63) is 24.8 Å². The number of nitrogen functional groups attached to an aromatic ring is 1. The van der Waals surface area contributed by atoms with Crippen LogP contribution in [-0.4, -0.2) is 32.9 Å². The van der Waals surface area contributed by atoms with Crippen LogP contribution in [0.1, 0.15) is 6.92 Å². The Morgan fingerprint density at radius 2 is 2.33 bits per heavy atom. The Morgan fingerprint density at radius 3 is 3.06 bits per heavy atom. The standard InChI is InChI=1S/C11H16N6O/c1-2-18-11-9(12)10(14-8-15-11)13-5-7-17-6-3-4-16-17/h3-4,6,8H,2,5,7,12H2,1H3,(H,13,14,15). The summed E-state index contributed by atoms with van der Waals surface area (Å²) in [7, 11) is 0. The van der Waals surface area contributed by atoms with E-state index in [0.29, 0.717) is 30.5 Å². The Hall–Kier alpha value is -2.31. The summed E-state index contributed by atoms with van der Waals surface area (Å²) in [6.45, 7) is 3.81. The summed E-state index contributed by atoms with van der Waals surface area (Å²) in [5, 5.41) is 7.24. The Morgan fingerprint density at radius 1 is 1.44 bits per heavy atom. The molecule has 0 atom stereocenters. The van der Waals surface area contributed by atoms with Gasteiger partial charge in [-0.05, 0) is 13.0 Å². The Bertz CT molecular complexity index is 484. The number of aromatic nitrogens is 4. The van der Waals surface area contributed by atoms with Crippen LogP contribution in [0.2, 0.25) is 0 Å². The van der Waals surface area contributed by atoms with Gasteiger partial charge in [0.2, 0.25) is 5.88 Å². The van der Waals surface area contributed by atoms with Gasteiger partial charge in [0.15, 0.2) is 5.82 Å². The third kappa shape index (κ3) is 2.88. The van der Waals surface area contributed by atoms with E-state index in [2.05, 4.69) is 20.4 Å². The number of nitrogens with two attached hydrogens (primary N) is 1. The van der Waals surface area contributed by atoms with E-state index in [4.69, 9.17) is 10.5 Å². The van der Waals surface area contributed by atoms with E-state index < -0.39 is 0 Å². The van der Waals surface area contributed by atoms with E-state index in [0.717, 1.165) is 6.54 Å². The van der Waals surface area contributed by atoms with E-state index in [1.54, 1.807) is 6.20 Å². The molecule has 2 heterocycles. The summed E-state index contributed by atoms with van der Waals surface area (Å²) in [6.07, 6.45) is 5.07. The molecule has 7 heteroatoms. The smallest absolute Gasteiger partial charge is 0.242 e. The van der Waals surface area contributed by atoms with Crippen LogP contribution in [0, 0.1) is 0 Å². The maximum atomic E-state index is 5.89. The van der Waals surface area contributed by atoms with Crippen LogP contribution >= 0.6 is 0 Å². The molecule has 0 aliphatic carbocycles. The topological polar surface area (TPSA) is 90.9 Å². The minimum Gasteiger partial charge on any atom is -0.476 e. The second-order valence-corrected chi connectivity index (χ2v) is 3.57. The first-order chi connectivity index (χ1) is 8.81. The summed E-state index contributed by atoms with van der Waals surface area (Å²) in [6, 6.07) is 1.88. The van der Waals surface area contributed by atoms with Gasteiger partial charge in [-0.15, -0.1) is 0 Å². The number of ether oxygens (including phenoxy) is 1. The van der Waals surface area contributed by atoms with Gasteiger partial charge in [-0.2, -0.15) is 10.1 Å². The number of hydrogen-bond donors (Lipinski definition) is 2. The molecular weight excluding hydrogens is 232 g/mol. The highest BCUT2D eigenvalue weighted by Gasteiger charge is 2.07. The van der Waals surface area contributed by atoms with Gasteiger partial charge in [0.25, 0.3) is 0 Å². The lowest BCUT2D eigenvalue weighted by Crippen LogP contribution is -2.13. The first kappa shape index (κ1) is 12.2. The van der Waals surface area contributed by atoms with E-state index in [1.165, 1.54) is 6.33 Å². The summed E-state index contributed by atoms with van der Waals surface area (Å²) in [5.74, 6) is 0.995. The van der Waals surface area contributed by atoms with Gasteiger partial charge in [0.05, 0.1) is 13.2 Å². The average molecular weight is 248 g/mol. The van der Waals surface area contributed by atoms with Crippen LogP contribution in [0.5, 0.6) is 5.88 Å². The van der Waals surface area contributed by atoms with Gasteiger partial charge in [-0.25, -0.2) is 4.98 Å². The van der Waals surface area contributed by atoms with E-state index >= 15 is 0 Å². The third-order valence-corrected chi connectivity index (χ3v) is 2.32. The summed E-state index contributed by atoms with van der Waals surface area (Å²) < 4.78 is 7.12. The lowest BCUT2D eigenvalue weighted by atomic mass is 10.4. The van der Waals surface area contributed by atoms with Crippen molar-refractivity contribution in [3.63, 3.8) is 0 Å². The monoisotopic (exact) mass is 248 g/mol. The summed E-state index contributed by atoms with van der Waals surface area (Å²) in [5.41, 5.74) is 6.32. The number of nitrogens with zero attached hydrogens (tertiary/aromatic N) is 4. The first-order valence-corrected chi connectivity index (χ1v) is 5.76. The van der Waals surface area contributed by atoms with Crippen LogP contribution in [0.3, 0.4) is 0 Å². The quantitative estimate of drug-likeness (QED) is 0.784. The Labute approximate surface area is 105 Å². The molecule has 7 nitrogen and oxygen atoms in total. The lowest BCUT2D eigenvalue weighted by molar-refractivity contribution is 0.328. The molecule has 18 heavy (non-hydrogen) atoms. The van der Waals surface area contributed by atoms with Crippen LogP contribution < -0.4 is 15.8 Å². The second-order valence-electron chi connectivity index (χ2n) is 3.57. The summed E-state index contributed by atoms with van der Waals surface area (Å²) >= 11 is 0. The van der Waals surface area contributed by atoms with Crippen molar-refractivity contribution in [2.24, 2.45) is 0 Å². The predicted octanol–water partition coefficient (Wildman–Crippen LogP) is 0.766. The molecule has 0 amide bonds. The Balaban J connectivity index is 1.94. The zero-order valence-electron chi connectivity index (χ0n) is 10.2. The average Bonchev–Trinajstić information content (AvgIpc) is 2.87. The maximum Gasteiger partial charge on any atom is 0.242 e. The molecule has 0 aromatic carbocycles. The molecule has 0 saturated heterocycles. The molecule has 2 aromatic heterocycles. The zero-order valence-corrected chi connectivity index (χ0v) is 10.2. The number of hydrogen-bond acceptors (Lipinski definition) is 6. The highest BCUT2D eigenvalue weighted by molar-refractivity contribution is 5.66. The number of anilines is 2. The fourth-order valence-electron chi connectivity index (χ4n) is 1.49. The molecule has 0 aliphatic rings. The van der Waals surface area contributed by atoms with Gasteiger partial charge in [-0.1, -0.05) is 0 Å². The van der Waals surface area contributed by atoms with E-state index in [1.807, 2.05) is 23.9 Å². The van der Waals surface area contributed by atoms with Crippen LogP contribution in [-0.2, 0) is 6.54 Å². The predicted molar refractivity (Wildman–Crippen MR) is 68.3 cm³/mol. The first-order valence-electron chi connectivity index (χ1n) is 5.76. The molecule has 2 aromatic rings. The molecule has 0 saturated carbocycles. The van der Waals surface area contributed by atoms with Crippen LogP contribution in [0.15, 0.2) is 24.8 Å². The highest BCUT2D eigenvalue weighted by atomic mass is 16.5. The molecule has 3 N–H and O–H groups in total. The van der Waals surface area contributed by atoms with Crippen molar-refractivity contribution >= 4 is 11.5 Å². The molecule has 0 bridgehead atoms. The normalized spacial score (nSPS) is 10.3. The molecular formula is C11H16N6O. The zero-order chi connectivity index (χ0) is 12.8. The van der Waals surface area contributed by atoms with Gasteiger partial charge < -0.3 is 15.8 Å². The van der Waals surface area contributed by atoms with Crippen LogP contribution in [0.4, 0.5) is 11.5 Å². The largest absolute Gasteiger partial charge is 0.476 e. The summed E-state index contributed by atoms with van der Waals surface area (Å²) in [4.78, 5) is 8.05. The lowest BCUT2D eigenvalue weighted by Gasteiger charge is -2.10. The van der Waals surface area contributed by atoms with Gasteiger partial charge in [-0.3, -0.25) is 4.68 Å². The number of nitrogens with one attached hydrogen (secondary N) is 1. The third-order valence-electron chi connectivity index (χ3n) is 2.32. The van der Waals surface area contributed by atoms with E-state index in [9.17, 15) is 0 Å². The fraction of sp³-hybridized carbons (Fsp3) is 0.364. The van der Waals surface area contributed by atoms with Gasteiger partial charge in [0, 0.05) is 18.9 Å². The molecule has 0 radical (unpaired) electrons. The van der Waals surface area contributed by atoms with Crippen molar-refractivity contribution in [2.75, 3.05) is 24.2 Å². The van der Waals surface area contributed by atoms with Gasteiger partial charge in [0.1, 0.15) is 12.0 Å². The highest BCUT2D eigenvalue weighted by Crippen LogP contribution is 2.24. The van der Waals surface area contributed by atoms with E-state index in [-0.39, 0.29) is 0 Å². The van der Waals surface area contributed by atoms with Crippen molar-refractivity contribution in [3.8, 4) is 5.88 Å². The maximum absolute atomic E-state index is 5.89. The minimum absolute atomic E-state index is 0.411. The van der Waals surface area contributed by atoms with Gasteiger partial charge >= 0.3 is 0 Å². The SMILES string of the molecule is CCOc1ncnc(NCCn2cccn2)c1N. The van der Waals surface area contributed by atoms with Crippen LogP contribution in [0.25, 0.3) is 0 Å². The van der Waals surface area contributed by atoms with Crippen molar-refractivity contribution < 1.29 is 4.74 Å². The fourth-order valence-corrected chi connectivity index (χ4v) is 1.49. The Kier molecular flexibility index (Phi) is 3.95. The second kappa shape index (κ2) is 5.85. The molecule has 2 rings (SSSR count).